The number of carboxylic acid groups (broad SMARTS) is 1. The van der Waals surface area contributed by atoms with Crippen molar-refractivity contribution in [3.63, 3.8) is 0 Å². The number of ether oxygens (including phenoxy) is 2. The molecule has 0 unspecified atom stereocenters. The fourth-order valence-corrected chi connectivity index (χ4v) is 2.62. The summed E-state index contributed by atoms with van der Waals surface area (Å²) in [6, 6.07) is 4.54. The number of thiophene rings is 1. The molecule has 0 saturated carbocycles. The van der Waals surface area contributed by atoms with Crippen molar-refractivity contribution in [2.24, 2.45) is 0 Å². The average molecular weight is 321 g/mol. The first-order valence-electron chi connectivity index (χ1n) is 6.35. The zero-order valence-electron chi connectivity index (χ0n) is 12.1. The van der Waals surface area contributed by atoms with E-state index in [0.717, 1.165) is 5.56 Å². The molecular weight excluding hydrogens is 306 g/mol. The van der Waals surface area contributed by atoms with Crippen LogP contribution in [0.3, 0.4) is 0 Å². The molecule has 2 N–H and O–H groups in total. The van der Waals surface area contributed by atoms with Gasteiger partial charge in [0.25, 0.3) is 0 Å². The molecule has 2 aromatic rings. The van der Waals surface area contributed by atoms with Crippen LogP contribution < -0.4 is 14.8 Å². The summed E-state index contributed by atoms with van der Waals surface area (Å²) in [7, 11) is 2.83. The quantitative estimate of drug-likeness (QED) is 0.854. The molecule has 0 aliphatic carbocycles. The molecule has 2 rings (SSSR count). The second-order valence-electron chi connectivity index (χ2n) is 4.42. The molecule has 0 aliphatic rings. The van der Waals surface area contributed by atoms with E-state index in [1.165, 1.54) is 37.7 Å². The number of hydrogen-bond donors (Lipinski definition) is 2. The number of carboxylic acids is 1. The Hall–Kier alpha value is -2.54. The van der Waals surface area contributed by atoms with Crippen LogP contribution in [0.1, 0.15) is 15.9 Å². The van der Waals surface area contributed by atoms with Gasteiger partial charge in [-0.05, 0) is 34.5 Å². The van der Waals surface area contributed by atoms with Gasteiger partial charge in [0.05, 0.1) is 31.9 Å². The second-order valence-corrected chi connectivity index (χ2v) is 5.20. The van der Waals surface area contributed by atoms with Gasteiger partial charge in [-0.1, -0.05) is 0 Å². The van der Waals surface area contributed by atoms with Crippen LogP contribution in [0, 0.1) is 0 Å². The third-order valence-electron chi connectivity index (χ3n) is 2.94. The lowest BCUT2D eigenvalue weighted by Gasteiger charge is -2.14. The predicted octanol–water partition coefficient (Wildman–Crippen LogP) is 2.64. The Kier molecular flexibility index (Phi) is 5.00. The number of carbonyl (C=O) groups is 2. The molecule has 1 amide bonds. The maximum atomic E-state index is 12.1. The molecule has 0 spiro atoms. The normalized spacial score (nSPS) is 10.1. The Morgan fingerprint density at radius 3 is 2.59 bits per heavy atom. The van der Waals surface area contributed by atoms with E-state index in [9.17, 15) is 9.59 Å². The van der Waals surface area contributed by atoms with Crippen LogP contribution >= 0.6 is 11.3 Å². The third kappa shape index (κ3) is 3.56. The first-order chi connectivity index (χ1) is 10.5. The van der Waals surface area contributed by atoms with Gasteiger partial charge in [-0.3, -0.25) is 4.79 Å². The lowest BCUT2D eigenvalue weighted by molar-refractivity contribution is -0.115. The van der Waals surface area contributed by atoms with Crippen molar-refractivity contribution in [3.05, 3.63) is 40.1 Å². The third-order valence-corrected chi connectivity index (χ3v) is 3.68. The van der Waals surface area contributed by atoms with Gasteiger partial charge in [0.1, 0.15) is 0 Å². The second kappa shape index (κ2) is 6.95. The number of carbonyl (C=O) groups excluding carboxylic acids is 1. The number of aromatic carboxylic acids is 1. The highest BCUT2D eigenvalue weighted by Gasteiger charge is 2.17. The zero-order valence-corrected chi connectivity index (χ0v) is 12.9. The van der Waals surface area contributed by atoms with Gasteiger partial charge in [0, 0.05) is 0 Å². The van der Waals surface area contributed by atoms with Crippen LogP contribution in [-0.2, 0) is 11.2 Å². The molecule has 0 fully saturated rings. The molecular formula is C15H15NO5S. The highest BCUT2D eigenvalue weighted by molar-refractivity contribution is 7.08. The van der Waals surface area contributed by atoms with E-state index in [-0.39, 0.29) is 35.1 Å². The molecule has 6 nitrogen and oxygen atoms in total. The summed E-state index contributed by atoms with van der Waals surface area (Å²) in [5.74, 6) is -0.852. The maximum absolute atomic E-state index is 12.1. The minimum Gasteiger partial charge on any atom is -0.493 e. The van der Waals surface area contributed by atoms with Crippen LogP contribution in [0.5, 0.6) is 11.5 Å². The van der Waals surface area contributed by atoms with Gasteiger partial charge in [-0.15, -0.1) is 0 Å². The topological polar surface area (TPSA) is 84.9 Å². The van der Waals surface area contributed by atoms with Crippen molar-refractivity contribution in [1.82, 2.24) is 0 Å². The van der Waals surface area contributed by atoms with Crippen LogP contribution in [0.15, 0.2) is 29.0 Å². The molecule has 116 valence electrons. The monoisotopic (exact) mass is 321 g/mol. The lowest BCUT2D eigenvalue weighted by atomic mass is 10.1. The van der Waals surface area contributed by atoms with Crippen LogP contribution in [-0.4, -0.2) is 31.2 Å². The number of nitrogens with one attached hydrogen (secondary N) is 1. The van der Waals surface area contributed by atoms with Gasteiger partial charge in [-0.25, -0.2) is 4.79 Å². The summed E-state index contributed by atoms with van der Waals surface area (Å²) >= 11 is 1.51. The fraction of sp³-hybridized carbons (Fsp3) is 0.200. The van der Waals surface area contributed by atoms with Crippen molar-refractivity contribution in [2.45, 2.75) is 6.42 Å². The molecule has 0 bridgehead atoms. The number of rotatable bonds is 6. The molecule has 22 heavy (non-hydrogen) atoms. The summed E-state index contributed by atoms with van der Waals surface area (Å²) in [5.41, 5.74) is 1.16. The van der Waals surface area contributed by atoms with Crippen molar-refractivity contribution < 1.29 is 24.2 Å². The minimum absolute atomic E-state index is 0.00323. The largest absolute Gasteiger partial charge is 0.493 e. The number of amides is 1. The summed E-state index contributed by atoms with van der Waals surface area (Å²) in [6.07, 6.45) is 0.201. The van der Waals surface area contributed by atoms with Crippen molar-refractivity contribution in [2.75, 3.05) is 19.5 Å². The van der Waals surface area contributed by atoms with Gasteiger partial charge >= 0.3 is 5.97 Å². The SMILES string of the molecule is COc1cc(C(=O)O)cc(NC(=O)Cc2ccsc2)c1OC. The van der Waals surface area contributed by atoms with Crippen LogP contribution in [0.2, 0.25) is 0 Å². The number of hydrogen-bond acceptors (Lipinski definition) is 5. The lowest BCUT2D eigenvalue weighted by Crippen LogP contribution is -2.15. The van der Waals surface area contributed by atoms with Crippen LogP contribution in [0.4, 0.5) is 5.69 Å². The molecule has 0 radical (unpaired) electrons. The minimum atomic E-state index is -1.12. The van der Waals surface area contributed by atoms with E-state index >= 15 is 0 Å². The molecule has 0 atom stereocenters. The Morgan fingerprint density at radius 2 is 2.05 bits per heavy atom. The summed E-state index contributed by atoms with van der Waals surface area (Å²) in [4.78, 5) is 23.2. The van der Waals surface area contributed by atoms with Crippen molar-refractivity contribution in [3.8, 4) is 11.5 Å². The van der Waals surface area contributed by atoms with E-state index in [4.69, 9.17) is 14.6 Å². The van der Waals surface area contributed by atoms with Gasteiger partial charge < -0.3 is 19.9 Å². The number of methoxy groups -OCH3 is 2. The first-order valence-corrected chi connectivity index (χ1v) is 7.29. The van der Waals surface area contributed by atoms with E-state index in [0.29, 0.717) is 0 Å². The number of benzene rings is 1. The molecule has 1 heterocycles. The molecule has 7 heteroatoms. The van der Waals surface area contributed by atoms with Crippen LogP contribution in [0.25, 0.3) is 0 Å². The molecule has 1 aromatic carbocycles. The van der Waals surface area contributed by atoms with E-state index in [1.807, 2.05) is 16.8 Å². The molecule has 0 saturated heterocycles. The Balaban J connectivity index is 2.29. The molecule has 1 aromatic heterocycles. The predicted molar refractivity (Wildman–Crippen MR) is 83.2 cm³/mol. The van der Waals surface area contributed by atoms with Crippen molar-refractivity contribution >= 4 is 28.9 Å². The summed E-state index contributed by atoms with van der Waals surface area (Å²) in [6.45, 7) is 0. The van der Waals surface area contributed by atoms with E-state index in [1.54, 1.807) is 0 Å². The Bertz CT molecular complexity index is 681. The smallest absolute Gasteiger partial charge is 0.335 e. The van der Waals surface area contributed by atoms with Gasteiger partial charge in [0.15, 0.2) is 11.5 Å². The summed E-state index contributed by atoms with van der Waals surface area (Å²) < 4.78 is 10.3. The Labute approximate surface area is 131 Å². The standard InChI is InChI=1S/C15H15NO5S/c1-20-12-7-10(15(18)19)6-11(14(12)21-2)16-13(17)5-9-3-4-22-8-9/h3-4,6-8H,5H2,1-2H3,(H,16,17)(H,18,19). The highest BCUT2D eigenvalue weighted by atomic mass is 32.1. The fourth-order valence-electron chi connectivity index (χ4n) is 1.95. The van der Waals surface area contributed by atoms with Gasteiger partial charge in [0.2, 0.25) is 5.91 Å². The van der Waals surface area contributed by atoms with E-state index < -0.39 is 5.97 Å². The van der Waals surface area contributed by atoms with Gasteiger partial charge in [-0.2, -0.15) is 11.3 Å². The van der Waals surface area contributed by atoms with E-state index in [2.05, 4.69) is 5.32 Å². The van der Waals surface area contributed by atoms with Crippen molar-refractivity contribution in [1.29, 1.82) is 0 Å². The molecule has 0 aliphatic heterocycles. The summed E-state index contributed by atoms with van der Waals surface area (Å²) in [5, 5.41) is 15.6. The zero-order chi connectivity index (χ0) is 16.1. The maximum Gasteiger partial charge on any atom is 0.335 e. The first kappa shape index (κ1) is 15.8. The number of anilines is 1. The Morgan fingerprint density at radius 1 is 1.27 bits per heavy atom. The highest BCUT2D eigenvalue weighted by Crippen LogP contribution is 2.36. The average Bonchev–Trinajstić information content (AvgIpc) is 2.98.